The van der Waals surface area contributed by atoms with Gasteiger partial charge in [0.05, 0.1) is 0 Å². The molecule has 0 unspecified atom stereocenters. The highest BCUT2D eigenvalue weighted by molar-refractivity contribution is 6.31. The quantitative estimate of drug-likeness (QED) is 0.884. The van der Waals surface area contributed by atoms with Crippen molar-refractivity contribution in [3.63, 3.8) is 0 Å². The Bertz CT molecular complexity index is 540. The van der Waals surface area contributed by atoms with E-state index in [1.165, 1.54) is 0 Å². The topological polar surface area (TPSA) is 42.0 Å². The normalized spacial score (nSPS) is 10.0. The van der Waals surface area contributed by atoms with Gasteiger partial charge in [0.15, 0.2) is 0 Å². The molecular weight excluding hydrogens is 236 g/mol. The van der Waals surface area contributed by atoms with Gasteiger partial charge in [-0.1, -0.05) is 23.7 Å². The lowest BCUT2D eigenvalue weighted by atomic mass is 10.2. The third-order valence-corrected chi connectivity index (χ3v) is 2.73. The first-order valence-electron chi connectivity index (χ1n) is 5.15. The number of hydrogen-bond donors (Lipinski definition) is 1. The maximum atomic E-state index is 11.8. The van der Waals surface area contributed by atoms with E-state index in [9.17, 15) is 4.79 Å². The molecule has 0 aliphatic carbocycles. The predicted octanol–water partition coefficient (Wildman–Crippen LogP) is 3.30. The number of carbonyl (C=O) groups excluding carboxylic acids is 1. The zero-order valence-electron chi connectivity index (χ0n) is 9.27. The van der Waals surface area contributed by atoms with Crippen molar-refractivity contribution >= 4 is 23.2 Å². The maximum absolute atomic E-state index is 11.8. The van der Waals surface area contributed by atoms with Gasteiger partial charge in [-0.05, 0) is 36.8 Å². The summed E-state index contributed by atoms with van der Waals surface area (Å²) < 4.78 is 0. The monoisotopic (exact) mass is 246 g/mol. The first kappa shape index (κ1) is 11.6. The second-order valence-electron chi connectivity index (χ2n) is 3.63. The molecule has 2 aromatic rings. The van der Waals surface area contributed by atoms with Gasteiger partial charge >= 0.3 is 0 Å². The van der Waals surface area contributed by atoms with Crippen molar-refractivity contribution in [1.29, 1.82) is 0 Å². The van der Waals surface area contributed by atoms with Crippen LogP contribution < -0.4 is 5.32 Å². The van der Waals surface area contributed by atoms with Gasteiger partial charge in [0.1, 0.15) is 5.69 Å². The number of amides is 1. The number of anilines is 1. The summed E-state index contributed by atoms with van der Waals surface area (Å²) in [6.45, 7) is 1.91. The summed E-state index contributed by atoms with van der Waals surface area (Å²) in [5, 5.41) is 3.37. The first-order valence-corrected chi connectivity index (χ1v) is 5.53. The highest BCUT2D eigenvalue weighted by Gasteiger charge is 2.07. The van der Waals surface area contributed by atoms with Crippen molar-refractivity contribution in [3.05, 3.63) is 58.9 Å². The summed E-state index contributed by atoms with van der Waals surface area (Å²) in [4.78, 5) is 15.8. The summed E-state index contributed by atoms with van der Waals surface area (Å²) in [5.41, 5.74) is 2.02. The Balaban J connectivity index is 2.16. The summed E-state index contributed by atoms with van der Waals surface area (Å²) in [6, 6.07) is 10.6. The fraction of sp³-hybridized carbons (Fsp3) is 0.0769. The molecule has 0 fully saturated rings. The van der Waals surface area contributed by atoms with Crippen LogP contribution in [0.1, 0.15) is 16.1 Å². The second kappa shape index (κ2) is 4.97. The Kier molecular flexibility index (Phi) is 3.40. The summed E-state index contributed by atoms with van der Waals surface area (Å²) in [7, 11) is 0. The van der Waals surface area contributed by atoms with E-state index < -0.39 is 0 Å². The molecule has 1 heterocycles. The minimum atomic E-state index is -0.245. The van der Waals surface area contributed by atoms with Crippen molar-refractivity contribution in [1.82, 2.24) is 4.98 Å². The largest absolute Gasteiger partial charge is 0.321 e. The lowest BCUT2D eigenvalue weighted by molar-refractivity contribution is 0.102. The van der Waals surface area contributed by atoms with Crippen LogP contribution in [0.3, 0.4) is 0 Å². The minimum Gasteiger partial charge on any atom is -0.321 e. The molecule has 2 rings (SSSR count). The molecule has 0 saturated carbocycles. The molecule has 0 spiro atoms. The molecule has 1 aromatic carbocycles. The maximum Gasteiger partial charge on any atom is 0.274 e. The fourth-order valence-corrected chi connectivity index (χ4v) is 1.54. The van der Waals surface area contributed by atoms with Crippen LogP contribution in [0.15, 0.2) is 42.6 Å². The number of aromatic nitrogens is 1. The van der Waals surface area contributed by atoms with E-state index in [1.54, 1.807) is 30.5 Å². The summed E-state index contributed by atoms with van der Waals surface area (Å²) >= 11 is 5.98. The molecule has 17 heavy (non-hydrogen) atoms. The van der Waals surface area contributed by atoms with Crippen LogP contribution in [-0.4, -0.2) is 10.9 Å². The van der Waals surface area contributed by atoms with Gasteiger partial charge in [-0.25, -0.2) is 0 Å². The molecule has 4 heteroatoms. The number of rotatable bonds is 2. The molecule has 3 nitrogen and oxygen atoms in total. The van der Waals surface area contributed by atoms with E-state index in [4.69, 9.17) is 11.6 Å². The molecule has 0 aliphatic rings. The Morgan fingerprint density at radius 3 is 2.76 bits per heavy atom. The van der Waals surface area contributed by atoms with Gasteiger partial charge in [-0.15, -0.1) is 0 Å². The van der Waals surface area contributed by atoms with Crippen LogP contribution >= 0.6 is 11.6 Å². The van der Waals surface area contributed by atoms with Gasteiger partial charge in [0.2, 0.25) is 0 Å². The van der Waals surface area contributed by atoms with E-state index in [0.717, 1.165) is 5.56 Å². The van der Waals surface area contributed by atoms with Crippen molar-refractivity contribution < 1.29 is 4.79 Å². The predicted molar refractivity (Wildman–Crippen MR) is 68.4 cm³/mol. The van der Waals surface area contributed by atoms with Crippen molar-refractivity contribution in [2.45, 2.75) is 6.92 Å². The highest BCUT2D eigenvalue weighted by Crippen LogP contribution is 2.20. The van der Waals surface area contributed by atoms with Crippen LogP contribution in [0, 0.1) is 6.92 Å². The van der Waals surface area contributed by atoms with Crippen molar-refractivity contribution in [2.24, 2.45) is 0 Å². The molecule has 86 valence electrons. The lowest BCUT2D eigenvalue weighted by Gasteiger charge is -2.06. The third kappa shape index (κ3) is 2.82. The van der Waals surface area contributed by atoms with Gasteiger partial charge in [0.25, 0.3) is 5.91 Å². The molecule has 0 bridgehead atoms. The number of halogens is 1. The smallest absolute Gasteiger partial charge is 0.274 e. The summed E-state index contributed by atoms with van der Waals surface area (Å²) in [6.07, 6.45) is 1.58. The van der Waals surface area contributed by atoms with Crippen molar-refractivity contribution in [2.75, 3.05) is 5.32 Å². The number of nitrogens with zero attached hydrogens (tertiary/aromatic N) is 1. The molecule has 1 aromatic heterocycles. The lowest BCUT2D eigenvalue weighted by Crippen LogP contribution is -2.13. The SMILES string of the molecule is Cc1ccc(NC(=O)c2ccccn2)cc1Cl. The van der Waals surface area contributed by atoms with Gasteiger partial charge in [-0.3, -0.25) is 9.78 Å². The zero-order chi connectivity index (χ0) is 12.3. The molecule has 0 saturated heterocycles. The molecule has 0 aliphatic heterocycles. The van der Waals surface area contributed by atoms with E-state index in [0.29, 0.717) is 16.4 Å². The van der Waals surface area contributed by atoms with Crippen LogP contribution in [-0.2, 0) is 0 Å². The molecule has 1 N–H and O–H groups in total. The number of nitrogens with one attached hydrogen (secondary N) is 1. The third-order valence-electron chi connectivity index (χ3n) is 2.33. The standard InChI is InChI=1S/C13H11ClN2O/c1-9-5-6-10(8-11(9)14)16-13(17)12-4-2-3-7-15-12/h2-8H,1H3,(H,16,17). The first-order chi connectivity index (χ1) is 8.16. The van der Waals surface area contributed by atoms with Crippen LogP contribution in [0.4, 0.5) is 5.69 Å². The number of aryl methyl sites for hydroxylation is 1. The van der Waals surface area contributed by atoms with Crippen LogP contribution in [0.25, 0.3) is 0 Å². The number of carbonyl (C=O) groups is 1. The van der Waals surface area contributed by atoms with Crippen LogP contribution in [0.5, 0.6) is 0 Å². The number of benzene rings is 1. The van der Waals surface area contributed by atoms with E-state index in [1.807, 2.05) is 19.1 Å². The Labute approximate surface area is 104 Å². The average molecular weight is 247 g/mol. The Morgan fingerprint density at radius 1 is 1.29 bits per heavy atom. The van der Waals surface area contributed by atoms with Gasteiger partial charge < -0.3 is 5.32 Å². The van der Waals surface area contributed by atoms with E-state index >= 15 is 0 Å². The highest BCUT2D eigenvalue weighted by atomic mass is 35.5. The van der Waals surface area contributed by atoms with Crippen molar-refractivity contribution in [3.8, 4) is 0 Å². The summed E-state index contributed by atoms with van der Waals surface area (Å²) in [5.74, 6) is -0.245. The molecular formula is C13H11ClN2O. The fourth-order valence-electron chi connectivity index (χ4n) is 1.36. The Morgan fingerprint density at radius 2 is 2.12 bits per heavy atom. The Hall–Kier alpha value is -1.87. The van der Waals surface area contributed by atoms with Crippen LogP contribution in [0.2, 0.25) is 5.02 Å². The molecule has 0 radical (unpaired) electrons. The van der Waals surface area contributed by atoms with Gasteiger partial charge in [0, 0.05) is 16.9 Å². The second-order valence-corrected chi connectivity index (χ2v) is 4.04. The van der Waals surface area contributed by atoms with E-state index in [2.05, 4.69) is 10.3 Å². The number of hydrogen-bond acceptors (Lipinski definition) is 2. The number of pyridine rings is 1. The molecule has 0 atom stereocenters. The minimum absolute atomic E-state index is 0.245. The average Bonchev–Trinajstić information content (AvgIpc) is 2.35. The molecule has 1 amide bonds. The van der Waals surface area contributed by atoms with E-state index in [-0.39, 0.29) is 5.91 Å². The van der Waals surface area contributed by atoms with Gasteiger partial charge in [-0.2, -0.15) is 0 Å². The zero-order valence-corrected chi connectivity index (χ0v) is 10.0.